The normalized spacial score (nSPS) is 20.3. The third-order valence-electron chi connectivity index (χ3n) is 3.77. The molecule has 108 valence electrons. The van der Waals surface area contributed by atoms with Gasteiger partial charge in [-0.3, -0.25) is 4.79 Å². The average Bonchev–Trinajstić information content (AvgIpc) is 3.20. The molecule has 2 aliphatic rings. The third-order valence-corrected chi connectivity index (χ3v) is 3.77. The fourth-order valence-corrected chi connectivity index (χ4v) is 2.72. The molecular weight excluding hydrogens is 274 g/mol. The molecule has 1 saturated heterocycles. The first-order chi connectivity index (χ1) is 10.3. The summed E-state index contributed by atoms with van der Waals surface area (Å²) in [6.07, 6.45) is 1.71. The first-order valence-corrected chi connectivity index (χ1v) is 6.72. The van der Waals surface area contributed by atoms with Crippen molar-refractivity contribution in [2.45, 2.75) is 18.9 Å². The summed E-state index contributed by atoms with van der Waals surface area (Å²) in [5.74, 6) is 2.18. The predicted octanol–water partition coefficient (Wildman–Crippen LogP) is 1.31. The van der Waals surface area contributed by atoms with Crippen molar-refractivity contribution in [3.05, 3.63) is 36.0 Å². The van der Waals surface area contributed by atoms with E-state index in [1.54, 1.807) is 4.90 Å². The molecule has 0 bridgehead atoms. The number of likely N-dealkylation sites (tertiary alicyclic amines) is 1. The summed E-state index contributed by atoms with van der Waals surface area (Å²) in [5, 5.41) is 3.82. The van der Waals surface area contributed by atoms with Crippen molar-refractivity contribution < 1.29 is 18.8 Å². The number of hydrogen-bond acceptors (Lipinski definition) is 6. The van der Waals surface area contributed by atoms with Gasteiger partial charge in [-0.1, -0.05) is 11.2 Å². The van der Waals surface area contributed by atoms with Gasteiger partial charge in [0.25, 0.3) is 0 Å². The highest BCUT2D eigenvalue weighted by Gasteiger charge is 2.33. The zero-order valence-corrected chi connectivity index (χ0v) is 11.2. The molecule has 0 spiro atoms. The van der Waals surface area contributed by atoms with Crippen LogP contribution in [0, 0.1) is 0 Å². The van der Waals surface area contributed by atoms with E-state index in [9.17, 15) is 4.79 Å². The largest absolute Gasteiger partial charge is 0.454 e. The Kier molecular flexibility index (Phi) is 2.77. The molecule has 4 rings (SSSR count). The van der Waals surface area contributed by atoms with Crippen LogP contribution in [0.5, 0.6) is 11.5 Å². The number of benzene rings is 1. The Morgan fingerprint density at radius 1 is 1.29 bits per heavy atom. The molecular formula is C14H13N3O4. The van der Waals surface area contributed by atoms with Crippen molar-refractivity contribution in [3.8, 4) is 11.5 Å². The molecule has 1 aromatic heterocycles. The van der Waals surface area contributed by atoms with Gasteiger partial charge in [0.05, 0.1) is 0 Å². The van der Waals surface area contributed by atoms with Gasteiger partial charge in [-0.25, -0.2) is 0 Å². The van der Waals surface area contributed by atoms with E-state index in [-0.39, 0.29) is 18.6 Å². The second kappa shape index (κ2) is 4.76. The van der Waals surface area contributed by atoms with Crippen molar-refractivity contribution >= 4 is 5.91 Å². The van der Waals surface area contributed by atoms with Crippen LogP contribution in [0.25, 0.3) is 0 Å². The molecule has 1 unspecified atom stereocenters. The molecule has 0 aliphatic carbocycles. The van der Waals surface area contributed by atoms with Gasteiger partial charge in [0, 0.05) is 25.4 Å². The lowest BCUT2D eigenvalue weighted by atomic mass is 10.1. The molecule has 1 aromatic carbocycles. The van der Waals surface area contributed by atoms with Crippen LogP contribution in [0.4, 0.5) is 0 Å². The van der Waals surface area contributed by atoms with E-state index in [0.29, 0.717) is 25.3 Å². The fourth-order valence-electron chi connectivity index (χ4n) is 2.72. The lowest BCUT2D eigenvalue weighted by Gasteiger charge is -2.16. The van der Waals surface area contributed by atoms with Gasteiger partial charge in [-0.05, 0) is 17.7 Å². The number of aromatic nitrogens is 2. The second-order valence-corrected chi connectivity index (χ2v) is 5.15. The maximum Gasteiger partial charge on any atom is 0.231 e. The van der Waals surface area contributed by atoms with Gasteiger partial charge in [0.2, 0.25) is 19.1 Å². The van der Waals surface area contributed by atoms with Crippen molar-refractivity contribution in [2.75, 3.05) is 13.3 Å². The Morgan fingerprint density at radius 3 is 3.05 bits per heavy atom. The molecule has 1 fully saturated rings. The summed E-state index contributed by atoms with van der Waals surface area (Å²) in [7, 11) is 0. The third kappa shape index (κ3) is 2.20. The van der Waals surface area contributed by atoms with Gasteiger partial charge in [-0.15, -0.1) is 0 Å². The number of rotatable bonds is 3. The van der Waals surface area contributed by atoms with Gasteiger partial charge in [-0.2, -0.15) is 4.98 Å². The molecule has 2 aromatic rings. The molecule has 1 atom stereocenters. The van der Waals surface area contributed by atoms with E-state index in [1.165, 1.54) is 6.39 Å². The zero-order chi connectivity index (χ0) is 14.2. The first-order valence-electron chi connectivity index (χ1n) is 6.72. The lowest BCUT2D eigenvalue weighted by molar-refractivity contribution is -0.128. The number of carbonyl (C=O) groups is 1. The van der Waals surface area contributed by atoms with Crippen molar-refractivity contribution in [1.29, 1.82) is 0 Å². The van der Waals surface area contributed by atoms with Gasteiger partial charge < -0.3 is 18.9 Å². The predicted molar refractivity (Wildman–Crippen MR) is 69.6 cm³/mol. The van der Waals surface area contributed by atoms with Crippen LogP contribution in [-0.2, 0) is 11.3 Å². The molecule has 7 nitrogen and oxygen atoms in total. The van der Waals surface area contributed by atoms with Crippen LogP contribution in [0.15, 0.2) is 29.1 Å². The van der Waals surface area contributed by atoms with E-state index in [0.717, 1.165) is 17.1 Å². The van der Waals surface area contributed by atoms with E-state index >= 15 is 0 Å². The monoisotopic (exact) mass is 287 g/mol. The summed E-state index contributed by atoms with van der Waals surface area (Å²) in [5.41, 5.74) is 1.02. The highest BCUT2D eigenvalue weighted by molar-refractivity contribution is 5.79. The molecule has 1 amide bonds. The van der Waals surface area contributed by atoms with Crippen LogP contribution in [0.3, 0.4) is 0 Å². The second-order valence-electron chi connectivity index (χ2n) is 5.15. The van der Waals surface area contributed by atoms with Gasteiger partial charge in [0.15, 0.2) is 17.3 Å². The lowest BCUT2D eigenvalue weighted by Crippen LogP contribution is -2.24. The number of amides is 1. The average molecular weight is 287 g/mol. The van der Waals surface area contributed by atoms with Crippen LogP contribution in [-0.4, -0.2) is 34.3 Å². The highest BCUT2D eigenvalue weighted by Crippen LogP contribution is 2.34. The highest BCUT2D eigenvalue weighted by atomic mass is 16.7. The summed E-state index contributed by atoms with van der Waals surface area (Å²) in [4.78, 5) is 17.9. The van der Waals surface area contributed by atoms with E-state index < -0.39 is 0 Å². The van der Waals surface area contributed by atoms with Gasteiger partial charge >= 0.3 is 0 Å². The summed E-state index contributed by atoms with van der Waals surface area (Å²) in [6, 6.07) is 5.73. The van der Waals surface area contributed by atoms with Crippen LogP contribution in [0.2, 0.25) is 0 Å². The number of nitrogens with zero attached hydrogens (tertiary/aromatic N) is 3. The molecule has 7 heteroatoms. The van der Waals surface area contributed by atoms with E-state index in [2.05, 4.69) is 10.1 Å². The number of hydrogen-bond donors (Lipinski definition) is 0. The minimum Gasteiger partial charge on any atom is -0.454 e. The molecule has 0 N–H and O–H groups in total. The Hall–Kier alpha value is -2.57. The SMILES string of the molecule is O=C1CC(c2ncon2)CN1Cc1ccc2c(c1)OCO2. The standard InChI is InChI=1S/C14H13N3O4/c18-13-4-10(14-15-7-21-16-14)6-17(13)5-9-1-2-11-12(3-9)20-8-19-11/h1-3,7,10H,4-6,8H2. The Labute approximate surface area is 120 Å². The molecule has 0 radical (unpaired) electrons. The minimum atomic E-state index is 0.00487. The van der Waals surface area contributed by atoms with Crippen molar-refractivity contribution in [1.82, 2.24) is 15.0 Å². The summed E-state index contributed by atoms with van der Waals surface area (Å²) in [6.45, 7) is 1.40. The fraction of sp³-hybridized carbons (Fsp3) is 0.357. The molecule has 3 heterocycles. The molecule has 21 heavy (non-hydrogen) atoms. The number of ether oxygens (including phenoxy) is 2. The van der Waals surface area contributed by atoms with Crippen LogP contribution >= 0.6 is 0 Å². The first kappa shape index (κ1) is 12.2. The van der Waals surface area contributed by atoms with Crippen LogP contribution < -0.4 is 9.47 Å². The minimum absolute atomic E-state index is 0.00487. The van der Waals surface area contributed by atoms with Crippen molar-refractivity contribution in [2.24, 2.45) is 0 Å². The quantitative estimate of drug-likeness (QED) is 0.847. The maximum absolute atomic E-state index is 12.1. The van der Waals surface area contributed by atoms with Crippen molar-refractivity contribution in [3.63, 3.8) is 0 Å². The van der Waals surface area contributed by atoms with Crippen LogP contribution in [0.1, 0.15) is 23.7 Å². The number of carbonyl (C=O) groups excluding carboxylic acids is 1. The topological polar surface area (TPSA) is 77.7 Å². The van der Waals surface area contributed by atoms with Gasteiger partial charge in [0.1, 0.15) is 0 Å². The smallest absolute Gasteiger partial charge is 0.231 e. The Morgan fingerprint density at radius 2 is 2.19 bits per heavy atom. The molecule has 2 aliphatic heterocycles. The van der Waals surface area contributed by atoms with E-state index in [1.807, 2.05) is 18.2 Å². The molecule has 0 saturated carbocycles. The Bertz CT molecular complexity index is 671. The summed E-state index contributed by atoms with van der Waals surface area (Å²) < 4.78 is 15.4. The summed E-state index contributed by atoms with van der Waals surface area (Å²) >= 11 is 0. The zero-order valence-electron chi connectivity index (χ0n) is 11.2. The van der Waals surface area contributed by atoms with E-state index in [4.69, 9.17) is 14.0 Å². The maximum atomic E-state index is 12.1. The number of fused-ring (bicyclic) bond motifs is 1. The Balaban J connectivity index is 1.48.